The fourth-order valence-corrected chi connectivity index (χ4v) is 1.30. The molecule has 0 aromatic rings. The molecule has 1 aliphatic heterocycles. The Balaban J connectivity index is 2.83. The lowest BCUT2D eigenvalue weighted by molar-refractivity contribution is -0.125. The highest BCUT2D eigenvalue weighted by molar-refractivity contribution is 6.06. The Hall–Kier alpha value is -1.06. The molecule has 3 amide bonds. The number of amides is 3. The first kappa shape index (κ1) is 9.03. The Morgan fingerprint density at radius 2 is 2.00 bits per heavy atom. The number of carbonyl (C=O) groups is 2. The van der Waals surface area contributed by atoms with Crippen LogP contribution >= 0.6 is 0 Å². The molecular formula is C8H14N2O2. The number of imide groups is 1. The van der Waals surface area contributed by atoms with Crippen LogP contribution in [-0.2, 0) is 4.79 Å². The molecule has 0 aromatic heterocycles. The highest BCUT2D eigenvalue weighted by Gasteiger charge is 2.44. The van der Waals surface area contributed by atoms with Crippen LogP contribution in [0.5, 0.6) is 0 Å². The quantitative estimate of drug-likeness (QED) is 0.621. The van der Waals surface area contributed by atoms with E-state index in [0.717, 1.165) is 6.42 Å². The van der Waals surface area contributed by atoms with E-state index in [9.17, 15) is 9.59 Å². The van der Waals surface area contributed by atoms with Crippen LogP contribution in [-0.4, -0.2) is 28.9 Å². The van der Waals surface area contributed by atoms with Gasteiger partial charge in [-0.3, -0.25) is 10.1 Å². The standard InChI is InChI=1S/C8H14N2O2/c1-4-5-10-7(12)9-6(11)8(10,2)3/h4-5H2,1-3H3,(H,9,11,12). The maximum absolute atomic E-state index is 11.2. The molecule has 0 unspecified atom stereocenters. The van der Waals surface area contributed by atoms with Crippen LogP contribution < -0.4 is 5.32 Å². The fraction of sp³-hybridized carbons (Fsp3) is 0.750. The summed E-state index contributed by atoms with van der Waals surface area (Å²) in [6.07, 6.45) is 0.865. The van der Waals surface area contributed by atoms with Gasteiger partial charge in [-0.25, -0.2) is 4.79 Å². The topological polar surface area (TPSA) is 49.4 Å². The van der Waals surface area contributed by atoms with Crippen molar-refractivity contribution in [3.05, 3.63) is 0 Å². The Labute approximate surface area is 71.9 Å². The van der Waals surface area contributed by atoms with Gasteiger partial charge in [0.1, 0.15) is 5.54 Å². The second-order valence-electron chi connectivity index (χ2n) is 3.47. The summed E-state index contributed by atoms with van der Waals surface area (Å²) in [6, 6.07) is -0.271. The second-order valence-corrected chi connectivity index (χ2v) is 3.47. The van der Waals surface area contributed by atoms with Gasteiger partial charge >= 0.3 is 6.03 Å². The van der Waals surface area contributed by atoms with E-state index < -0.39 is 5.54 Å². The van der Waals surface area contributed by atoms with Gasteiger partial charge in [-0.05, 0) is 20.3 Å². The number of rotatable bonds is 2. The Morgan fingerprint density at radius 1 is 1.42 bits per heavy atom. The number of hydrogen-bond acceptors (Lipinski definition) is 2. The predicted molar refractivity (Wildman–Crippen MR) is 44.6 cm³/mol. The largest absolute Gasteiger partial charge is 0.324 e. The number of nitrogens with one attached hydrogen (secondary N) is 1. The van der Waals surface area contributed by atoms with Gasteiger partial charge in [-0.15, -0.1) is 0 Å². The van der Waals surface area contributed by atoms with Crippen LogP contribution in [0.3, 0.4) is 0 Å². The molecule has 1 saturated heterocycles. The maximum atomic E-state index is 11.2. The van der Waals surface area contributed by atoms with Crippen molar-refractivity contribution in [3.8, 4) is 0 Å². The summed E-state index contributed by atoms with van der Waals surface area (Å²) in [4.78, 5) is 24.0. The molecule has 0 bridgehead atoms. The van der Waals surface area contributed by atoms with E-state index in [0.29, 0.717) is 6.54 Å². The first-order chi connectivity index (χ1) is 5.50. The average molecular weight is 170 g/mol. The lowest BCUT2D eigenvalue weighted by Crippen LogP contribution is -2.44. The summed E-state index contributed by atoms with van der Waals surface area (Å²) in [6.45, 7) is 6.11. The van der Waals surface area contributed by atoms with Crippen molar-refractivity contribution in [2.24, 2.45) is 0 Å². The van der Waals surface area contributed by atoms with Crippen molar-refractivity contribution in [1.29, 1.82) is 0 Å². The van der Waals surface area contributed by atoms with E-state index >= 15 is 0 Å². The summed E-state index contributed by atoms with van der Waals surface area (Å²) >= 11 is 0. The maximum Gasteiger partial charge on any atom is 0.324 e. The highest BCUT2D eigenvalue weighted by atomic mass is 16.2. The molecule has 68 valence electrons. The summed E-state index contributed by atoms with van der Waals surface area (Å²) in [5.74, 6) is -0.207. The summed E-state index contributed by atoms with van der Waals surface area (Å²) in [5, 5.41) is 2.29. The van der Waals surface area contributed by atoms with Crippen LogP contribution in [0.25, 0.3) is 0 Å². The molecule has 1 fully saturated rings. The van der Waals surface area contributed by atoms with Crippen molar-refractivity contribution in [3.63, 3.8) is 0 Å². The summed E-state index contributed by atoms with van der Waals surface area (Å²) < 4.78 is 0. The molecule has 1 N–H and O–H groups in total. The first-order valence-electron chi connectivity index (χ1n) is 4.13. The van der Waals surface area contributed by atoms with Crippen LogP contribution in [0.4, 0.5) is 4.79 Å². The van der Waals surface area contributed by atoms with E-state index in [2.05, 4.69) is 5.32 Å². The number of urea groups is 1. The van der Waals surface area contributed by atoms with Gasteiger partial charge in [-0.2, -0.15) is 0 Å². The summed E-state index contributed by atoms with van der Waals surface area (Å²) in [7, 11) is 0. The molecule has 0 atom stereocenters. The molecule has 0 radical (unpaired) electrons. The smallest absolute Gasteiger partial charge is 0.310 e. The van der Waals surface area contributed by atoms with Crippen LogP contribution in [0, 0.1) is 0 Å². The zero-order chi connectivity index (χ0) is 9.35. The van der Waals surface area contributed by atoms with Crippen molar-refractivity contribution >= 4 is 11.9 Å². The normalized spacial score (nSPS) is 21.4. The number of carbonyl (C=O) groups excluding carboxylic acids is 2. The Kier molecular flexibility index (Phi) is 2.08. The van der Waals surface area contributed by atoms with E-state index in [-0.39, 0.29) is 11.9 Å². The molecule has 0 saturated carbocycles. The van der Waals surface area contributed by atoms with E-state index in [1.165, 1.54) is 0 Å². The number of nitrogens with zero attached hydrogens (tertiary/aromatic N) is 1. The van der Waals surface area contributed by atoms with E-state index in [1.54, 1.807) is 18.7 Å². The van der Waals surface area contributed by atoms with E-state index in [1.807, 2.05) is 6.92 Å². The van der Waals surface area contributed by atoms with Gasteiger partial charge < -0.3 is 4.90 Å². The monoisotopic (exact) mass is 170 g/mol. The van der Waals surface area contributed by atoms with Gasteiger partial charge in [0, 0.05) is 6.54 Å². The van der Waals surface area contributed by atoms with E-state index in [4.69, 9.17) is 0 Å². The summed E-state index contributed by atoms with van der Waals surface area (Å²) in [5.41, 5.74) is -0.674. The minimum atomic E-state index is -0.674. The minimum Gasteiger partial charge on any atom is -0.310 e. The van der Waals surface area contributed by atoms with Crippen LogP contribution in [0.2, 0.25) is 0 Å². The molecule has 4 heteroatoms. The SMILES string of the molecule is CCCN1C(=O)NC(=O)C1(C)C. The molecule has 0 aromatic carbocycles. The molecule has 0 spiro atoms. The van der Waals surface area contributed by atoms with Crippen LogP contribution in [0.1, 0.15) is 27.2 Å². The lowest BCUT2D eigenvalue weighted by atomic mass is 10.0. The minimum absolute atomic E-state index is 0.207. The molecule has 0 aliphatic carbocycles. The van der Waals surface area contributed by atoms with Gasteiger partial charge in [0.15, 0.2) is 0 Å². The van der Waals surface area contributed by atoms with Gasteiger partial charge in [0.2, 0.25) is 0 Å². The second kappa shape index (κ2) is 2.77. The third-order valence-corrected chi connectivity index (χ3v) is 2.14. The fourth-order valence-electron chi connectivity index (χ4n) is 1.30. The third-order valence-electron chi connectivity index (χ3n) is 2.14. The van der Waals surface area contributed by atoms with Crippen molar-refractivity contribution in [1.82, 2.24) is 10.2 Å². The van der Waals surface area contributed by atoms with Gasteiger partial charge in [0.25, 0.3) is 5.91 Å². The third kappa shape index (κ3) is 1.17. The van der Waals surface area contributed by atoms with Crippen molar-refractivity contribution in [2.45, 2.75) is 32.7 Å². The molecule has 1 rings (SSSR count). The lowest BCUT2D eigenvalue weighted by Gasteiger charge is -2.27. The highest BCUT2D eigenvalue weighted by Crippen LogP contribution is 2.20. The predicted octanol–water partition coefficient (Wildman–Crippen LogP) is 0.727. The Bertz CT molecular complexity index is 223. The molecule has 12 heavy (non-hydrogen) atoms. The van der Waals surface area contributed by atoms with Gasteiger partial charge in [-0.1, -0.05) is 6.92 Å². The zero-order valence-electron chi connectivity index (χ0n) is 7.68. The Morgan fingerprint density at radius 3 is 2.33 bits per heavy atom. The van der Waals surface area contributed by atoms with Crippen molar-refractivity contribution < 1.29 is 9.59 Å². The zero-order valence-corrected chi connectivity index (χ0v) is 7.68. The molecule has 4 nitrogen and oxygen atoms in total. The van der Waals surface area contributed by atoms with Crippen molar-refractivity contribution in [2.75, 3.05) is 6.54 Å². The average Bonchev–Trinajstić information content (AvgIpc) is 2.14. The van der Waals surface area contributed by atoms with Crippen LogP contribution in [0.15, 0.2) is 0 Å². The molecule has 1 heterocycles. The molecule has 1 aliphatic rings. The first-order valence-corrected chi connectivity index (χ1v) is 4.13. The van der Waals surface area contributed by atoms with Gasteiger partial charge in [0.05, 0.1) is 0 Å². The number of hydrogen-bond donors (Lipinski definition) is 1. The molecular weight excluding hydrogens is 156 g/mol.